The van der Waals surface area contributed by atoms with Crippen LogP contribution in [0.2, 0.25) is 0 Å². The zero-order valence-electron chi connectivity index (χ0n) is 7.49. The Labute approximate surface area is 73.0 Å². The summed E-state index contributed by atoms with van der Waals surface area (Å²) in [6, 6.07) is 0. The highest BCUT2D eigenvalue weighted by molar-refractivity contribution is 5.49. The largest absolute Gasteiger partial charge is 0.353 e. The Morgan fingerprint density at radius 2 is 2.50 bits per heavy atom. The van der Waals surface area contributed by atoms with E-state index in [1.54, 1.807) is 0 Å². The fourth-order valence-corrected chi connectivity index (χ4v) is 1.27. The van der Waals surface area contributed by atoms with Gasteiger partial charge in [0.2, 0.25) is 0 Å². The van der Waals surface area contributed by atoms with Crippen molar-refractivity contribution in [3.63, 3.8) is 0 Å². The fourth-order valence-electron chi connectivity index (χ4n) is 1.27. The number of hydrogen-bond acceptors (Lipinski definition) is 3. The third-order valence-electron chi connectivity index (χ3n) is 1.95. The van der Waals surface area contributed by atoms with Gasteiger partial charge in [-0.15, -0.1) is 0 Å². The molecule has 1 rings (SSSR count). The van der Waals surface area contributed by atoms with Crippen LogP contribution in [0, 0.1) is 0 Å². The summed E-state index contributed by atoms with van der Waals surface area (Å²) in [5.41, 5.74) is 0. The van der Waals surface area contributed by atoms with Crippen LogP contribution in [0.15, 0.2) is 0 Å². The second-order valence-corrected chi connectivity index (χ2v) is 3.15. The molecule has 12 heavy (non-hydrogen) atoms. The molecule has 0 saturated carbocycles. The Kier molecular flexibility index (Phi) is 4.25. The molecule has 1 aliphatic heterocycles. The van der Waals surface area contributed by atoms with Gasteiger partial charge in [0.25, 0.3) is 0 Å². The van der Waals surface area contributed by atoms with E-state index in [-0.39, 0.29) is 12.4 Å². The molecule has 1 aliphatic rings. The summed E-state index contributed by atoms with van der Waals surface area (Å²) in [6.07, 6.45) is 4.51. The van der Waals surface area contributed by atoms with Crippen LogP contribution < -0.4 is 0 Å². The standard InChI is InChI=1S/C9H16O3/c1-8(5-6-10)12-9-4-2-3-7-11-9/h6,8-9H,2-5,7H2,1H3/t8-,9-/m1/s1. The monoisotopic (exact) mass is 172 g/mol. The highest BCUT2D eigenvalue weighted by Gasteiger charge is 2.16. The predicted molar refractivity (Wildman–Crippen MR) is 44.8 cm³/mol. The average molecular weight is 172 g/mol. The lowest BCUT2D eigenvalue weighted by Crippen LogP contribution is -2.26. The van der Waals surface area contributed by atoms with Crippen molar-refractivity contribution in [3.8, 4) is 0 Å². The predicted octanol–water partition coefficient (Wildman–Crippen LogP) is 1.51. The minimum Gasteiger partial charge on any atom is -0.353 e. The molecule has 2 atom stereocenters. The Morgan fingerprint density at radius 1 is 1.67 bits per heavy atom. The Bertz CT molecular complexity index is 130. The summed E-state index contributed by atoms with van der Waals surface area (Å²) in [4.78, 5) is 10.1. The van der Waals surface area contributed by atoms with Gasteiger partial charge in [-0.25, -0.2) is 0 Å². The quantitative estimate of drug-likeness (QED) is 0.603. The van der Waals surface area contributed by atoms with Crippen molar-refractivity contribution in [3.05, 3.63) is 0 Å². The molecule has 3 nitrogen and oxygen atoms in total. The zero-order valence-corrected chi connectivity index (χ0v) is 7.49. The van der Waals surface area contributed by atoms with E-state index < -0.39 is 0 Å². The minimum absolute atomic E-state index is 0.00870. The molecule has 0 N–H and O–H groups in total. The van der Waals surface area contributed by atoms with Crippen LogP contribution in [-0.4, -0.2) is 25.3 Å². The second-order valence-electron chi connectivity index (χ2n) is 3.15. The van der Waals surface area contributed by atoms with E-state index in [4.69, 9.17) is 9.47 Å². The van der Waals surface area contributed by atoms with Gasteiger partial charge in [0, 0.05) is 13.0 Å². The first-order valence-electron chi connectivity index (χ1n) is 4.53. The molecule has 0 spiro atoms. The molecule has 1 heterocycles. The SMILES string of the molecule is C[C@H](CC=O)O[C@@H]1CCCCO1. The molecule has 0 amide bonds. The molecule has 0 aromatic carbocycles. The van der Waals surface area contributed by atoms with Gasteiger partial charge < -0.3 is 14.3 Å². The topological polar surface area (TPSA) is 35.5 Å². The summed E-state index contributed by atoms with van der Waals surface area (Å²) in [5, 5.41) is 0. The molecule has 0 bridgehead atoms. The number of carbonyl (C=O) groups is 1. The van der Waals surface area contributed by atoms with Crippen molar-refractivity contribution >= 4 is 6.29 Å². The first-order chi connectivity index (χ1) is 5.83. The van der Waals surface area contributed by atoms with Gasteiger partial charge in [-0.3, -0.25) is 0 Å². The minimum atomic E-state index is -0.0753. The van der Waals surface area contributed by atoms with E-state index in [0.29, 0.717) is 6.42 Å². The third kappa shape index (κ3) is 3.32. The lowest BCUT2D eigenvalue weighted by molar-refractivity contribution is -0.184. The Hall–Kier alpha value is -0.410. The number of ether oxygens (including phenoxy) is 2. The Morgan fingerprint density at radius 3 is 3.08 bits per heavy atom. The number of aldehydes is 1. The van der Waals surface area contributed by atoms with Crippen LogP contribution in [-0.2, 0) is 14.3 Å². The maximum Gasteiger partial charge on any atom is 0.157 e. The van der Waals surface area contributed by atoms with Crippen molar-refractivity contribution in [2.45, 2.75) is 45.0 Å². The van der Waals surface area contributed by atoms with Crippen LogP contribution in [0.25, 0.3) is 0 Å². The molecule has 0 aliphatic carbocycles. The second kappa shape index (κ2) is 5.27. The van der Waals surface area contributed by atoms with E-state index in [9.17, 15) is 4.79 Å². The number of carbonyl (C=O) groups excluding carboxylic acids is 1. The van der Waals surface area contributed by atoms with Crippen LogP contribution in [0.5, 0.6) is 0 Å². The molecular formula is C9H16O3. The molecule has 1 fully saturated rings. The first kappa shape index (κ1) is 9.68. The van der Waals surface area contributed by atoms with Gasteiger partial charge in [0.15, 0.2) is 6.29 Å². The number of hydrogen-bond donors (Lipinski definition) is 0. The normalized spacial score (nSPS) is 26.6. The van der Waals surface area contributed by atoms with Gasteiger partial charge in [-0.2, -0.15) is 0 Å². The van der Waals surface area contributed by atoms with E-state index in [1.807, 2.05) is 6.92 Å². The van der Waals surface area contributed by atoms with Crippen LogP contribution in [0.1, 0.15) is 32.6 Å². The lowest BCUT2D eigenvalue weighted by atomic mass is 10.2. The summed E-state index contributed by atoms with van der Waals surface area (Å²) < 4.78 is 10.8. The van der Waals surface area contributed by atoms with Gasteiger partial charge in [-0.05, 0) is 26.2 Å². The van der Waals surface area contributed by atoms with Crippen molar-refractivity contribution in [1.82, 2.24) is 0 Å². The Balaban J connectivity index is 2.15. The smallest absolute Gasteiger partial charge is 0.157 e. The van der Waals surface area contributed by atoms with Gasteiger partial charge in [0.1, 0.15) is 6.29 Å². The van der Waals surface area contributed by atoms with Crippen LogP contribution >= 0.6 is 0 Å². The van der Waals surface area contributed by atoms with Gasteiger partial charge >= 0.3 is 0 Å². The van der Waals surface area contributed by atoms with E-state index in [2.05, 4.69) is 0 Å². The maximum atomic E-state index is 10.1. The molecule has 0 aromatic rings. The highest BCUT2D eigenvalue weighted by atomic mass is 16.7. The maximum absolute atomic E-state index is 10.1. The zero-order chi connectivity index (χ0) is 8.81. The summed E-state index contributed by atoms with van der Waals surface area (Å²) in [7, 11) is 0. The molecule has 3 heteroatoms. The van der Waals surface area contributed by atoms with Gasteiger partial charge in [0.05, 0.1) is 6.10 Å². The molecule has 0 radical (unpaired) electrons. The molecular weight excluding hydrogens is 156 g/mol. The van der Waals surface area contributed by atoms with Gasteiger partial charge in [-0.1, -0.05) is 0 Å². The summed E-state index contributed by atoms with van der Waals surface area (Å²) in [5.74, 6) is 0. The van der Waals surface area contributed by atoms with E-state index in [0.717, 1.165) is 25.7 Å². The van der Waals surface area contributed by atoms with Crippen LogP contribution in [0.4, 0.5) is 0 Å². The third-order valence-corrected chi connectivity index (χ3v) is 1.95. The molecule has 0 unspecified atom stereocenters. The summed E-state index contributed by atoms with van der Waals surface area (Å²) in [6.45, 7) is 2.69. The van der Waals surface area contributed by atoms with Crippen molar-refractivity contribution < 1.29 is 14.3 Å². The lowest BCUT2D eigenvalue weighted by Gasteiger charge is -2.25. The van der Waals surface area contributed by atoms with E-state index in [1.165, 1.54) is 6.42 Å². The number of rotatable bonds is 4. The molecule has 0 aromatic heterocycles. The van der Waals surface area contributed by atoms with Crippen molar-refractivity contribution in [1.29, 1.82) is 0 Å². The fraction of sp³-hybridized carbons (Fsp3) is 0.889. The van der Waals surface area contributed by atoms with Crippen molar-refractivity contribution in [2.24, 2.45) is 0 Å². The first-order valence-corrected chi connectivity index (χ1v) is 4.53. The van der Waals surface area contributed by atoms with E-state index >= 15 is 0 Å². The van der Waals surface area contributed by atoms with Crippen LogP contribution in [0.3, 0.4) is 0 Å². The average Bonchev–Trinajstić information content (AvgIpc) is 2.06. The molecule has 1 saturated heterocycles. The van der Waals surface area contributed by atoms with Crippen molar-refractivity contribution in [2.75, 3.05) is 6.61 Å². The molecule has 70 valence electrons. The highest BCUT2D eigenvalue weighted by Crippen LogP contribution is 2.15. The summed E-state index contributed by atoms with van der Waals surface area (Å²) >= 11 is 0.